The highest BCUT2D eigenvalue weighted by Crippen LogP contribution is 2.68. The molecule has 3 aliphatic carbocycles. The Balaban J connectivity index is 1.30. The van der Waals surface area contributed by atoms with Gasteiger partial charge < -0.3 is 15.5 Å². The van der Waals surface area contributed by atoms with E-state index >= 15 is 4.39 Å². The number of pyridine rings is 1. The van der Waals surface area contributed by atoms with Crippen molar-refractivity contribution in [2.45, 2.75) is 94.5 Å². The largest absolute Gasteiger partial charge is 0.396 e. The van der Waals surface area contributed by atoms with Gasteiger partial charge in [-0.25, -0.2) is 9.37 Å². The lowest BCUT2D eigenvalue weighted by Crippen LogP contribution is -2.61. The quantitative estimate of drug-likeness (QED) is 0.290. The normalized spacial score (nSPS) is 30.7. The summed E-state index contributed by atoms with van der Waals surface area (Å²) in [6, 6.07) is 6.11. The molecule has 7 nitrogen and oxygen atoms in total. The Labute approximate surface area is 267 Å². The molecule has 1 saturated heterocycles. The fourth-order valence-electron chi connectivity index (χ4n) is 10.2. The van der Waals surface area contributed by atoms with Crippen LogP contribution >= 0.6 is 23.2 Å². The standard InChI is InChI=1S/C34H40Cl2FN3O4/c1-30(2)6-8-33(9-7-30)34(22-4-3-20(35)12-23(22)39-29(34)44)25(21-5-10-38-28(36)26(21)37)27(40-33)24(43)11-19-13-31(14-19)15-32(16-31,17-41)18-42/h3-5,10,12,19,25,27,40-42H,6-9,11,13-18H2,1-2H3,(H,39,44)/t25-,27-,34+/m0/s1. The van der Waals surface area contributed by atoms with Crippen molar-refractivity contribution in [1.29, 1.82) is 0 Å². The van der Waals surface area contributed by atoms with Gasteiger partial charge in [-0.15, -0.1) is 0 Å². The van der Waals surface area contributed by atoms with Crippen LogP contribution in [0.4, 0.5) is 10.1 Å². The van der Waals surface area contributed by atoms with Gasteiger partial charge in [-0.05, 0) is 97.4 Å². The van der Waals surface area contributed by atoms with Gasteiger partial charge >= 0.3 is 0 Å². The van der Waals surface area contributed by atoms with E-state index in [1.54, 1.807) is 18.2 Å². The smallest absolute Gasteiger partial charge is 0.237 e. The molecule has 4 fully saturated rings. The predicted octanol–water partition coefficient (Wildman–Crippen LogP) is 5.93. The van der Waals surface area contributed by atoms with Crippen molar-refractivity contribution in [3.8, 4) is 0 Å². The second-order valence-corrected chi connectivity index (χ2v) is 16.2. The summed E-state index contributed by atoms with van der Waals surface area (Å²) in [4.78, 5) is 33.0. The van der Waals surface area contributed by atoms with Crippen LogP contribution in [0.2, 0.25) is 10.2 Å². The maximum Gasteiger partial charge on any atom is 0.237 e. The Hall–Kier alpha value is -2.10. The van der Waals surface area contributed by atoms with Gasteiger partial charge in [-0.2, -0.15) is 0 Å². The highest BCUT2D eigenvalue weighted by molar-refractivity contribution is 6.31. The average molecular weight is 645 g/mol. The Morgan fingerprint density at radius 1 is 1.07 bits per heavy atom. The highest BCUT2D eigenvalue weighted by Gasteiger charge is 2.73. The van der Waals surface area contributed by atoms with Gasteiger partial charge in [0, 0.05) is 40.2 Å². The third-order valence-electron chi connectivity index (χ3n) is 12.1. The molecule has 7 rings (SSSR count). The molecule has 2 aliphatic heterocycles. The van der Waals surface area contributed by atoms with Crippen LogP contribution in [0.1, 0.15) is 88.7 Å². The number of aliphatic hydroxyl groups is 2. The minimum Gasteiger partial charge on any atom is -0.396 e. The molecule has 5 aliphatic rings. The molecule has 1 amide bonds. The van der Waals surface area contributed by atoms with Gasteiger partial charge in [0.2, 0.25) is 5.91 Å². The number of anilines is 1. The van der Waals surface area contributed by atoms with E-state index in [1.807, 2.05) is 6.07 Å². The number of carbonyl (C=O) groups excluding carboxylic acids is 2. The van der Waals surface area contributed by atoms with E-state index in [1.165, 1.54) is 6.20 Å². The number of nitrogens with one attached hydrogen (secondary N) is 2. The molecule has 44 heavy (non-hydrogen) atoms. The monoisotopic (exact) mass is 643 g/mol. The summed E-state index contributed by atoms with van der Waals surface area (Å²) in [5.74, 6) is -1.69. The second kappa shape index (κ2) is 10.2. The van der Waals surface area contributed by atoms with Crippen LogP contribution in [0.3, 0.4) is 0 Å². The maximum atomic E-state index is 16.1. The van der Waals surface area contributed by atoms with E-state index in [9.17, 15) is 19.8 Å². The summed E-state index contributed by atoms with van der Waals surface area (Å²) in [5, 5.41) is 26.6. The Morgan fingerprint density at radius 2 is 1.75 bits per heavy atom. The second-order valence-electron chi connectivity index (χ2n) is 15.4. The molecule has 0 bridgehead atoms. The van der Waals surface area contributed by atoms with Crippen molar-refractivity contribution >= 4 is 40.6 Å². The van der Waals surface area contributed by atoms with Crippen molar-refractivity contribution in [2.24, 2.45) is 22.2 Å². The number of carbonyl (C=O) groups is 2. The lowest BCUT2D eigenvalue weighted by Gasteiger charge is -2.63. The first kappa shape index (κ1) is 30.5. The number of hydrogen-bond donors (Lipinski definition) is 4. The summed E-state index contributed by atoms with van der Waals surface area (Å²) in [5.41, 5.74) is -0.801. The molecule has 0 radical (unpaired) electrons. The molecule has 3 saturated carbocycles. The van der Waals surface area contributed by atoms with Crippen LogP contribution in [-0.4, -0.2) is 51.7 Å². The van der Waals surface area contributed by atoms with E-state index in [0.29, 0.717) is 30.0 Å². The number of benzene rings is 1. The molecule has 0 unspecified atom stereocenters. The first-order valence-corrected chi connectivity index (χ1v) is 16.5. The molecule has 3 spiro atoms. The first-order chi connectivity index (χ1) is 20.8. The van der Waals surface area contributed by atoms with Crippen molar-refractivity contribution in [1.82, 2.24) is 10.3 Å². The molecule has 1 aromatic carbocycles. The fourth-order valence-corrected chi connectivity index (χ4v) is 10.5. The van der Waals surface area contributed by atoms with Gasteiger partial charge in [-0.3, -0.25) is 14.9 Å². The molecule has 3 atom stereocenters. The minimum atomic E-state index is -1.27. The van der Waals surface area contributed by atoms with E-state index in [-0.39, 0.29) is 52.4 Å². The summed E-state index contributed by atoms with van der Waals surface area (Å²) < 4.78 is 16.1. The summed E-state index contributed by atoms with van der Waals surface area (Å²) in [7, 11) is 0. The Bertz CT molecular complexity index is 1520. The lowest BCUT2D eigenvalue weighted by atomic mass is 9.42. The molecule has 1 aromatic heterocycles. The van der Waals surface area contributed by atoms with E-state index in [2.05, 4.69) is 29.5 Å². The number of amides is 1. The number of nitrogens with zero attached hydrogens (tertiary/aromatic N) is 1. The van der Waals surface area contributed by atoms with Gasteiger partial charge in [-0.1, -0.05) is 43.1 Å². The number of hydrogen-bond acceptors (Lipinski definition) is 6. The van der Waals surface area contributed by atoms with E-state index in [4.69, 9.17) is 23.2 Å². The van der Waals surface area contributed by atoms with Crippen molar-refractivity contribution in [3.05, 3.63) is 57.6 Å². The van der Waals surface area contributed by atoms with Crippen LogP contribution in [-0.2, 0) is 15.0 Å². The number of aliphatic hydroxyl groups excluding tert-OH is 2. The number of Topliss-reactive ketones (excluding diaryl/α,β-unsaturated/α-hetero) is 1. The number of rotatable bonds is 6. The number of halogens is 3. The number of ketones is 1. The van der Waals surface area contributed by atoms with Crippen LogP contribution in [0, 0.1) is 28.0 Å². The van der Waals surface area contributed by atoms with Gasteiger partial charge in [0.1, 0.15) is 5.41 Å². The van der Waals surface area contributed by atoms with E-state index < -0.39 is 34.1 Å². The van der Waals surface area contributed by atoms with Gasteiger partial charge in [0.05, 0.1) is 19.3 Å². The van der Waals surface area contributed by atoms with Crippen LogP contribution in [0.5, 0.6) is 0 Å². The van der Waals surface area contributed by atoms with Crippen molar-refractivity contribution in [3.63, 3.8) is 0 Å². The zero-order valence-electron chi connectivity index (χ0n) is 25.2. The summed E-state index contributed by atoms with van der Waals surface area (Å²) >= 11 is 12.6. The molecule has 236 valence electrons. The molecular formula is C34H40Cl2FN3O4. The van der Waals surface area contributed by atoms with Crippen LogP contribution in [0.15, 0.2) is 30.5 Å². The third-order valence-corrected chi connectivity index (χ3v) is 12.6. The van der Waals surface area contributed by atoms with Gasteiger partial charge in [0.15, 0.2) is 16.8 Å². The fraction of sp³-hybridized carbons (Fsp3) is 0.618. The predicted molar refractivity (Wildman–Crippen MR) is 166 cm³/mol. The van der Waals surface area contributed by atoms with Crippen molar-refractivity contribution < 1.29 is 24.2 Å². The summed E-state index contributed by atoms with van der Waals surface area (Å²) in [6.45, 7) is 4.39. The maximum absolute atomic E-state index is 16.1. The van der Waals surface area contributed by atoms with Crippen LogP contribution < -0.4 is 10.6 Å². The molecule has 4 N–H and O–H groups in total. The number of aromatic nitrogens is 1. The highest BCUT2D eigenvalue weighted by atomic mass is 35.5. The Kier molecular flexibility index (Phi) is 7.08. The number of fused-ring (bicyclic) bond motifs is 3. The molecule has 10 heteroatoms. The zero-order chi connectivity index (χ0) is 31.3. The van der Waals surface area contributed by atoms with Crippen molar-refractivity contribution in [2.75, 3.05) is 18.5 Å². The molecular weight excluding hydrogens is 604 g/mol. The Morgan fingerprint density at radius 3 is 2.41 bits per heavy atom. The van der Waals surface area contributed by atoms with E-state index in [0.717, 1.165) is 44.1 Å². The molecule has 2 aromatic rings. The zero-order valence-corrected chi connectivity index (χ0v) is 26.7. The first-order valence-electron chi connectivity index (χ1n) is 15.8. The van der Waals surface area contributed by atoms with Gasteiger partial charge in [0.25, 0.3) is 0 Å². The SMILES string of the molecule is CC1(C)CCC2(CC1)N[C@@H](C(=O)CC1CC3(C1)CC(CO)(CO)C3)[C@H](c1ccnc(Cl)c1F)[C@]21C(=O)Nc2cc(Cl)ccc21. The third kappa shape index (κ3) is 4.27. The summed E-state index contributed by atoms with van der Waals surface area (Å²) in [6.07, 6.45) is 7.99. The molecule has 3 heterocycles. The topological polar surface area (TPSA) is 112 Å². The lowest BCUT2D eigenvalue weighted by molar-refractivity contribution is -0.167. The average Bonchev–Trinajstić information content (AvgIpc) is 3.40. The minimum absolute atomic E-state index is 0.0295. The van der Waals surface area contributed by atoms with Crippen LogP contribution in [0.25, 0.3) is 0 Å².